The van der Waals surface area contributed by atoms with Crippen molar-refractivity contribution in [3.8, 4) is 17.8 Å². The Balaban J connectivity index is 0.000000230. The second-order valence-corrected chi connectivity index (χ2v) is 8.65. The van der Waals surface area contributed by atoms with Crippen LogP contribution in [0.4, 0.5) is 40.8 Å². The lowest BCUT2D eigenvalue weighted by atomic mass is 10.1. The summed E-state index contributed by atoms with van der Waals surface area (Å²) in [6.45, 7) is 2.24. The third-order valence-electron chi connectivity index (χ3n) is 5.72. The van der Waals surface area contributed by atoms with E-state index in [4.69, 9.17) is 10.5 Å². The van der Waals surface area contributed by atoms with Gasteiger partial charge in [0.05, 0.1) is 22.5 Å². The molecule has 0 radical (unpaired) electrons. The van der Waals surface area contributed by atoms with Gasteiger partial charge in [-0.25, -0.2) is 13.5 Å². The fourth-order valence-electron chi connectivity index (χ4n) is 3.68. The van der Waals surface area contributed by atoms with Crippen LogP contribution in [0.2, 0.25) is 0 Å². The number of hydrogen-bond acceptors (Lipinski definition) is 7. The molecule has 2 heterocycles. The highest BCUT2D eigenvalue weighted by molar-refractivity contribution is 6.00. The van der Waals surface area contributed by atoms with E-state index in [0.29, 0.717) is 6.07 Å². The first-order valence-electron chi connectivity index (χ1n) is 11.5. The second-order valence-electron chi connectivity index (χ2n) is 8.65. The predicted octanol–water partition coefficient (Wildman–Crippen LogP) is 5.89. The summed E-state index contributed by atoms with van der Waals surface area (Å²) in [6, 6.07) is 8.92. The average Bonchev–Trinajstić information content (AvgIpc) is 3.56. The number of alkyl halides is 6. The number of rotatable bonds is 4. The number of nitriles is 2. The lowest BCUT2D eigenvalue weighted by Gasteiger charge is -2.21. The fraction of sp³-hybridized carbons (Fsp3) is 0.231. The minimum absolute atomic E-state index is 0.00588. The molecule has 42 heavy (non-hydrogen) atoms. The van der Waals surface area contributed by atoms with E-state index in [1.165, 1.54) is 6.07 Å². The first-order chi connectivity index (χ1) is 19.5. The van der Waals surface area contributed by atoms with Crippen molar-refractivity contribution in [2.45, 2.75) is 38.7 Å². The maximum absolute atomic E-state index is 13.3. The number of hydrazone groups is 1. The molecule has 8 nitrogen and oxygen atoms in total. The van der Waals surface area contributed by atoms with Gasteiger partial charge in [-0.2, -0.15) is 47.1 Å². The molecule has 1 aliphatic rings. The van der Waals surface area contributed by atoms with Gasteiger partial charge in [0.25, 0.3) is 0 Å². The third kappa shape index (κ3) is 6.77. The molecule has 0 bridgehead atoms. The van der Waals surface area contributed by atoms with Gasteiger partial charge in [0, 0.05) is 19.4 Å². The number of aromatic nitrogens is 2. The van der Waals surface area contributed by atoms with Crippen molar-refractivity contribution < 1.29 is 44.7 Å². The summed E-state index contributed by atoms with van der Waals surface area (Å²) in [7, 11) is 0. The Morgan fingerprint density at radius 3 is 1.83 bits per heavy atom. The Morgan fingerprint density at radius 2 is 1.38 bits per heavy atom. The number of halogens is 8. The van der Waals surface area contributed by atoms with E-state index in [0.717, 1.165) is 53.9 Å². The van der Waals surface area contributed by atoms with Gasteiger partial charge in [-0.1, -0.05) is 0 Å². The number of nitrogens with zero attached hydrogens (tertiary/aromatic N) is 6. The molecule has 16 heteroatoms. The number of hydrogen-bond donors (Lipinski definition) is 0. The third-order valence-corrected chi connectivity index (χ3v) is 5.72. The van der Waals surface area contributed by atoms with E-state index in [2.05, 4.69) is 10.2 Å². The largest absolute Gasteiger partial charge is 0.435 e. The SMILES string of the molecule is CC(=O)C1CC(C(F)(F)F)=NN1c1ccc(F)c(C#N)c1.CC(=O)c1cc(C(F)(F)F)nn1-c1ccc(F)c(C#N)c1. The van der Waals surface area contributed by atoms with Gasteiger partial charge in [0.2, 0.25) is 0 Å². The highest BCUT2D eigenvalue weighted by Crippen LogP contribution is 2.33. The molecular weight excluding hydrogens is 580 g/mol. The van der Waals surface area contributed by atoms with Crippen LogP contribution in [-0.2, 0) is 11.0 Å². The standard InChI is InChI=1S/C13H9F4N3O.C13H7F4N3O/c2*1-7(21)11-5-12(13(15,16)17)19-20(11)9-2-3-10(14)8(4-9)6-18/h2-4,11H,5H2,1H3;2-5H,1H3. The van der Waals surface area contributed by atoms with Crippen LogP contribution in [0.5, 0.6) is 0 Å². The molecule has 0 saturated carbocycles. The van der Waals surface area contributed by atoms with Gasteiger partial charge in [-0.3, -0.25) is 14.6 Å². The van der Waals surface area contributed by atoms with E-state index in [9.17, 15) is 44.7 Å². The van der Waals surface area contributed by atoms with Crippen LogP contribution >= 0.6 is 0 Å². The van der Waals surface area contributed by atoms with Gasteiger partial charge < -0.3 is 0 Å². The lowest BCUT2D eigenvalue weighted by Crippen LogP contribution is -2.33. The molecule has 0 aliphatic carbocycles. The normalized spacial score (nSPS) is 14.8. The van der Waals surface area contributed by atoms with Gasteiger partial charge in [-0.15, -0.1) is 0 Å². The quantitative estimate of drug-likeness (QED) is 0.274. The van der Waals surface area contributed by atoms with Gasteiger partial charge in [0.1, 0.15) is 41.2 Å². The number of benzene rings is 2. The molecule has 1 aliphatic heterocycles. The number of Topliss-reactive ketones (excluding diaryl/α,β-unsaturated/α-hetero) is 2. The average molecular weight is 596 g/mol. The van der Waals surface area contributed by atoms with Crippen molar-refractivity contribution in [2.75, 3.05) is 5.01 Å². The topological polar surface area (TPSA) is 115 Å². The minimum atomic E-state index is -4.71. The van der Waals surface area contributed by atoms with E-state index in [1.807, 2.05) is 0 Å². The van der Waals surface area contributed by atoms with Crippen LogP contribution in [0.25, 0.3) is 5.69 Å². The maximum Gasteiger partial charge on any atom is 0.435 e. The van der Waals surface area contributed by atoms with Crippen LogP contribution in [0.1, 0.15) is 47.6 Å². The second kappa shape index (κ2) is 11.8. The van der Waals surface area contributed by atoms with Crippen molar-refractivity contribution in [3.05, 3.63) is 76.6 Å². The molecule has 0 spiro atoms. The molecule has 0 N–H and O–H groups in total. The van der Waals surface area contributed by atoms with Crippen LogP contribution < -0.4 is 5.01 Å². The minimum Gasteiger partial charge on any atom is -0.298 e. The first-order valence-corrected chi connectivity index (χ1v) is 11.5. The Hall–Kier alpha value is -5.12. The highest BCUT2D eigenvalue weighted by atomic mass is 19.4. The molecule has 218 valence electrons. The summed E-state index contributed by atoms with van der Waals surface area (Å²) >= 11 is 0. The van der Waals surface area contributed by atoms with E-state index >= 15 is 0 Å². The molecular formula is C26H16F8N6O2. The van der Waals surface area contributed by atoms with Crippen molar-refractivity contribution in [1.82, 2.24) is 9.78 Å². The van der Waals surface area contributed by atoms with Gasteiger partial charge in [0.15, 0.2) is 17.3 Å². The smallest absolute Gasteiger partial charge is 0.298 e. The van der Waals surface area contributed by atoms with E-state index < -0.39 is 59.4 Å². The van der Waals surface area contributed by atoms with E-state index in [-0.39, 0.29) is 28.2 Å². The highest BCUT2D eigenvalue weighted by Gasteiger charge is 2.44. The zero-order chi connectivity index (χ0) is 31.6. The van der Waals surface area contributed by atoms with E-state index in [1.54, 1.807) is 12.1 Å². The Bertz CT molecular complexity index is 1660. The summed E-state index contributed by atoms with van der Waals surface area (Å²) in [5.74, 6) is -2.74. The first kappa shape index (κ1) is 31.4. The molecule has 4 rings (SSSR count). The van der Waals surface area contributed by atoms with Crippen LogP contribution in [0.15, 0.2) is 47.6 Å². The van der Waals surface area contributed by atoms with Gasteiger partial charge >= 0.3 is 12.4 Å². The van der Waals surface area contributed by atoms with Crippen LogP contribution in [0, 0.1) is 34.3 Å². The number of carbonyl (C=O) groups is 2. The molecule has 1 unspecified atom stereocenters. The maximum atomic E-state index is 13.3. The molecule has 1 aromatic heterocycles. The van der Waals surface area contributed by atoms with Gasteiger partial charge in [-0.05, 0) is 43.3 Å². The summed E-state index contributed by atoms with van der Waals surface area (Å²) in [4.78, 5) is 22.9. The Labute approximate surface area is 231 Å². The summed E-state index contributed by atoms with van der Waals surface area (Å²) in [5.41, 5.74) is -3.25. The molecule has 3 aromatic rings. The predicted molar refractivity (Wildman–Crippen MR) is 129 cm³/mol. The Morgan fingerprint density at radius 1 is 0.857 bits per heavy atom. The fourth-order valence-corrected chi connectivity index (χ4v) is 3.68. The van der Waals surface area contributed by atoms with Crippen molar-refractivity contribution in [1.29, 1.82) is 10.5 Å². The zero-order valence-corrected chi connectivity index (χ0v) is 21.3. The summed E-state index contributed by atoms with van der Waals surface area (Å²) in [5, 5.41) is 25.1. The number of carbonyl (C=O) groups excluding carboxylic acids is 2. The van der Waals surface area contributed by atoms with Crippen molar-refractivity contribution >= 4 is 23.0 Å². The zero-order valence-electron chi connectivity index (χ0n) is 21.3. The van der Waals surface area contributed by atoms with Crippen LogP contribution in [0.3, 0.4) is 0 Å². The van der Waals surface area contributed by atoms with Crippen LogP contribution in [-0.4, -0.2) is 39.3 Å². The number of anilines is 1. The molecule has 0 fully saturated rings. The monoisotopic (exact) mass is 596 g/mol. The van der Waals surface area contributed by atoms with Crippen molar-refractivity contribution in [3.63, 3.8) is 0 Å². The molecule has 1 atom stereocenters. The summed E-state index contributed by atoms with van der Waals surface area (Å²) in [6.07, 6.45) is -9.92. The number of ketones is 2. The molecule has 0 amide bonds. The van der Waals surface area contributed by atoms with Crippen molar-refractivity contribution in [2.24, 2.45) is 5.10 Å². The molecule has 2 aromatic carbocycles. The Kier molecular flexibility index (Phi) is 8.81. The molecule has 0 saturated heterocycles. The lowest BCUT2D eigenvalue weighted by molar-refractivity contribution is -0.141. The summed E-state index contributed by atoms with van der Waals surface area (Å²) < 4.78 is 103.